The Labute approximate surface area is 185 Å². The molecule has 0 spiro atoms. The van der Waals surface area contributed by atoms with Crippen molar-refractivity contribution in [3.05, 3.63) is 93.8 Å². The third-order valence-corrected chi connectivity index (χ3v) is 6.35. The molecule has 2 aromatic carbocycles. The summed E-state index contributed by atoms with van der Waals surface area (Å²) in [7, 11) is 0. The average molecular weight is 432 g/mol. The molecule has 2 atom stereocenters. The Morgan fingerprint density at radius 1 is 1.00 bits per heavy atom. The first-order valence-corrected chi connectivity index (χ1v) is 11.2. The Morgan fingerprint density at radius 2 is 1.77 bits per heavy atom. The Bertz CT molecular complexity index is 1200. The van der Waals surface area contributed by atoms with Crippen molar-refractivity contribution in [2.45, 2.75) is 32.4 Å². The topological polar surface area (TPSA) is 74.0 Å². The van der Waals surface area contributed by atoms with Crippen molar-refractivity contribution in [2.24, 2.45) is 0 Å². The molecule has 5 nitrogen and oxygen atoms in total. The van der Waals surface area contributed by atoms with Crippen LogP contribution in [0.25, 0.3) is 10.9 Å². The molecule has 1 unspecified atom stereocenters. The molecular formula is C25H25N3O2S. The number of hydrogen-bond donors (Lipinski definition) is 3. The summed E-state index contributed by atoms with van der Waals surface area (Å²) in [5, 5.41) is 8.93. The monoisotopic (exact) mass is 431 g/mol. The predicted octanol–water partition coefficient (Wildman–Crippen LogP) is 4.76. The number of hydrogen-bond acceptors (Lipinski definition) is 3. The number of para-hydroxylation sites is 1. The van der Waals surface area contributed by atoms with Gasteiger partial charge in [0.25, 0.3) is 5.91 Å². The quantitative estimate of drug-likeness (QED) is 0.395. The van der Waals surface area contributed by atoms with E-state index in [0.717, 1.165) is 27.6 Å². The number of aromatic amines is 1. The van der Waals surface area contributed by atoms with Gasteiger partial charge in [-0.3, -0.25) is 9.59 Å². The maximum absolute atomic E-state index is 13.3. The molecule has 4 aromatic rings. The van der Waals surface area contributed by atoms with E-state index in [1.54, 1.807) is 6.07 Å². The number of nitrogens with one attached hydrogen (secondary N) is 3. The van der Waals surface area contributed by atoms with Crippen LogP contribution in [0.4, 0.5) is 0 Å². The van der Waals surface area contributed by atoms with Gasteiger partial charge in [0.2, 0.25) is 5.91 Å². The predicted molar refractivity (Wildman–Crippen MR) is 125 cm³/mol. The molecule has 3 N–H and O–H groups in total. The number of aryl methyl sites for hydroxylation is 1. The van der Waals surface area contributed by atoms with Gasteiger partial charge in [-0.2, -0.15) is 0 Å². The lowest BCUT2D eigenvalue weighted by molar-refractivity contribution is -0.123. The molecule has 2 amide bonds. The van der Waals surface area contributed by atoms with Gasteiger partial charge in [-0.15, -0.1) is 11.3 Å². The average Bonchev–Trinajstić information content (AvgIpc) is 3.44. The second kappa shape index (κ2) is 9.18. The largest absolute Gasteiger partial charge is 0.361 e. The van der Waals surface area contributed by atoms with Crippen LogP contribution in [0.15, 0.2) is 72.2 Å². The molecule has 158 valence electrons. The molecule has 0 aliphatic heterocycles. The van der Waals surface area contributed by atoms with Gasteiger partial charge in [-0.05, 0) is 48.1 Å². The first kappa shape index (κ1) is 20.9. The van der Waals surface area contributed by atoms with Crippen LogP contribution in [0.1, 0.15) is 39.3 Å². The second-order valence-corrected chi connectivity index (χ2v) is 8.60. The van der Waals surface area contributed by atoms with Crippen LogP contribution in [0, 0.1) is 6.92 Å². The van der Waals surface area contributed by atoms with Gasteiger partial charge in [0.1, 0.15) is 6.04 Å². The summed E-state index contributed by atoms with van der Waals surface area (Å²) in [6.07, 6.45) is 2.31. The highest BCUT2D eigenvalue weighted by atomic mass is 32.1. The van der Waals surface area contributed by atoms with Crippen LogP contribution in [-0.4, -0.2) is 22.8 Å². The van der Waals surface area contributed by atoms with Crippen molar-refractivity contribution in [3.63, 3.8) is 0 Å². The van der Waals surface area contributed by atoms with Gasteiger partial charge in [-0.1, -0.05) is 48.5 Å². The van der Waals surface area contributed by atoms with E-state index >= 15 is 0 Å². The molecule has 2 aromatic heterocycles. The minimum absolute atomic E-state index is 0.169. The van der Waals surface area contributed by atoms with E-state index in [1.165, 1.54) is 11.3 Å². The van der Waals surface area contributed by atoms with E-state index in [1.807, 2.05) is 80.0 Å². The van der Waals surface area contributed by atoms with E-state index in [9.17, 15) is 9.59 Å². The lowest BCUT2D eigenvalue weighted by Gasteiger charge is -2.22. The Morgan fingerprint density at radius 3 is 2.55 bits per heavy atom. The zero-order valence-electron chi connectivity index (χ0n) is 17.5. The molecule has 0 aliphatic rings. The van der Waals surface area contributed by atoms with Gasteiger partial charge < -0.3 is 15.6 Å². The number of carbonyl (C=O) groups is 2. The number of benzene rings is 2. The van der Waals surface area contributed by atoms with Crippen LogP contribution in [0.5, 0.6) is 0 Å². The fourth-order valence-electron chi connectivity index (χ4n) is 3.83. The fraction of sp³-hybridized carbons (Fsp3) is 0.200. The Kier molecular flexibility index (Phi) is 6.18. The highest BCUT2D eigenvalue weighted by Gasteiger charge is 2.25. The highest BCUT2D eigenvalue weighted by molar-refractivity contribution is 7.12. The smallest absolute Gasteiger partial charge is 0.262 e. The highest BCUT2D eigenvalue weighted by Crippen LogP contribution is 2.21. The lowest BCUT2D eigenvalue weighted by atomic mass is 10.0. The number of H-pyrrole nitrogens is 1. The molecule has 0 aliphatic carbocycles. The zero-order valence-corrected chi connectivity index (χ0v) is 18.3. The summed E-state index contributed by atoms with van der Waals surface area (Å²) in [6, 6.07) is 18.7. The summed E-state index contributed by atoms with van der Waals surface area (Å²) in [4.78, 5) is 29.8. The molecule has 6 heteroatoms. The van der Waals surface area contributed by atoms with Gasteiger partial charge in [0.05, 0.1) is 10.9 Å². The Balaban J connectivity index is 1.57. The van der Waals surface area contributed by atoms with Crippen molar-refractivity contribution in [1.82, 2.24) is 15.6 Å². The van der Waals surface area contributed by atoms with Crippen LogP contribution >= 0.6 is 11.3 Å². The third kappa shape index (κ3) is 4.70. The lowest BCUT2D eigenvalue weighted by Crippen LogP contribution is -2.48. The van der Waals surface area contributed by atoms with Gasteiger partial charge in [-0.25, -0.2) is 0 Å². The van der Waals surface area contributed by atoms with E-state index < -0.39 is 6.04 Å². The van der Waals surface area contributed by atoms with Gasteiger partial charge in [0.15, 0.2) is 0 Å². The summed E-state index contributed by atoms with van der Waals surface area (Å²) in [5.74, 6) is -0.440. The number of fused-ring (bicyclic) bond motifs is 1. The SMILES string of the molecule is Cc1ccccc1C(C)NC(=O)[C@H](Cc1c[nH]c2ccccc12)NC(=O)c1cccs1. The van der Waals surface area contributed by atoms with Crippen molar-refractivity contribution in [3.8, 4) is 0 Å². The number of amides is 2. The molecule has 0 saturated carbocycles. The van der Waals surface area contributed by atoms with E-state index in [-0.39, 0.29) is 17.9 Å². The minimum Gasteiger partial charge on any atom is -0.361 e. The Hall–Kier alpha value is -3.38. The summed E-state index contributed by atoms with van der Waals surface area (Å²) in [6.45, 7) is 3.99. The maximum Gasteiger partial charge on any atom is 0.262 e. The summed E-state index contributed by atoms with van der Waals surface area (Å²) in [5.41, 5.74) is 4.18. The van der Waals surface area contributed by atoms with Crippen LogP contribution < -0.4 is 10.6 Å². The van der Waals surface area contributed by atoms with Crippen molar-refractivity contribution in [1.29, 1.82) is 0 Å². The van der Waals surface area contributed by atoms with E-state index in [4.69, 9.17) is 0 Å². The fourth-order valence-corrected chi connectivity index (χ4v) is 4.46. The normalized spacial score (nSPS) is 13.0. The van der Waals surface area contributed by atoms with E-state index in [0.29, 0.717) is 11.3 Å². The zero-order chi connectivity index (χ0) is 21.8. The number of carbonyl (C=O) groups excluding carboxylic acids is 2. The first-order chi connectivity index (χ1) is 15.0. The number of aromatic nitrogens is 1. The van der Waals surface area contributed by atoms with Crippen molar-refractivity contribution < 1.29 is 9.59 Å². The summed E-state index contributed by atoms with van der Waals surface area (Å²) >= 11 is 1.36. The molecule has 4 rings (SSSR count). The molecule has 0 saturated heterocycles. The van der Waals surface area contributed by atoms with Crippen LogP contribution in [-0.2, 0) is 11.2 Å². The van der Waals surface area contributed by atoms with Crippen LogP contribution in [0.3, 0.4) is 0 Å². The number of rotatable bonds is 7. The van der Waals surface area contributed by atoms with Crippen molar-refractivity contribution >= 4 is 34.1 Å². The molecule has 2 heterocycles. The molecular weight excluding hydrogens is 406 g/mol. The molecule has 0 radical (unpaired) electrons. The molecule has 0 bridgehead atoms. The van der Waals surface area contributed by atoms with Gasteiger partial charge in [0, 0.05) is 23.5 Å². The first-order valence-electron chi connectivity index (χ1n) is 10.3. The summed E-state index contributed by atoms with van der Waals surface area (Å²) < 4.78 is 0. The molecule has 31 heavy (non-hydrogen) atoms. The van der Waals surface area contributed by atoms with Crippen molar-refractivity contribution in [2.75, 3.05) is 0 Å². The number of thiophene rings is 1. The minimum atomic E-state index is -0.694. The standard InChI is InChI=1S/C25H25N3O2S/c1-16-8-3-4-9-19(16)17(2)27-24(29)22(28-25(30)23-12-7-13-31-23)14-18-15-26-21-11-6-5-10-20(18)21/h3-13,15,17,22,26H,14H2,1-2H3,(H,27,29)(H,28,30)/t17?,22-/m0/s1. The van der Waals surface area contributed by atoms with E-state index in [2.05, 4.69) is 15.6 Å². The van der Waals surface area contributed by atoms with Gasteiger partial charge >= 0.3 is 0 Å². The third-order valence-electron chi connectivity index (χ3n) is 5.48. The molecule has 0 fully saturated rings. The second-order valence-electron chi connectivity index (χ2n) is 7.65. The van der Waals surface area contributed by atoms with Crippen LogP contribution in [0.2, 0.25) is 0 Å². The maximum atomic E-state index is 13.3.